The van der Waals surface area contributed by atoms with Crippen molar-refractivity contribution in [3.8, 4) is 11.9 Å². The molecule has 0 saturated heterocycles. The summed E-state index contributed by atoms with van der Waals surface area (Å²) in [6.07, 6.45) is -5.00. The van der Waals surface area contributed by atoms with Crippen molar-refractivity contribution >= 4 is 11.7 Å². The molecule has 0 unspecified atom stereocenters. The Balaban J connectivity index is 3.27. The average Bonchev–Trinajstić information content (AvgIpc) is 2.29. The number of ether oxygens (including phenoxy) is 2. The van der Waals surface area contributed by atoms with E-state index in [-0.39, 0.29) is 17.9 Å². The van der Waals surface area contributed by atoms with Gasteiger partial charge in [-0.1, -0.05) is 0 Å². The zero-order chi connectivity index (χ0) is 14.6. The van der Waals surface area contributed by atoms with Crippen molar-refractivity contribution in [3.63, 3.8) is 0 Å². The first-order valence-corrected chi connectivity index (χ1v) is 4.92. The molecular weight excluding hydrogens is 267 g/mol. The standard InChI is InChI=1S/C10H8F3N3O3/c1-2-18-9(17)8-7(15)5(4-14)3-6(16-8)19-10(11,12)13/h3H,2,15H2,1H3. The lowest BCUT2D eigenvalue weighted by Crippen LogP contribution is -2.20. The number of nitrogen functional groups attached to an aromatic ring is 1. The molecule has 0 saturated carbocycles. The van der Waals surface area contributed by atoms with Crippen molar-refractivity contribution < 1.29 is 27.4 Å². The third kappa shape index (κ3) is 3.74. The van der Waals surface area contributed by atoms with Gasteiger partial charge in [0.05, 0.1) is 17.9 Å². The van der Waals surface area contributed by atoms with Crippen molar-refractivity contribution in [1.82, 2.24) is 4.98 Å². The van der Waals surface area contributed by atoms with Gasteiger partial charge in [0.25, 0.3) is 0 Å². The van der Waals surface area contributed by atoms with Crippen LogP contribution in [0.15, 0.2) is 6.07 Å². The van der Waals surface area contributed by atoms with Crippen LogP contribution in [0.5, 0.6) is 5.88 Å². The summed E-state index contributed by atoms with van der Waals surface area (Å²) in [5, 5.41) is 8.73. The zero-order valence-corrected chi connectivity index (χ0v) is 9.61. The minimum atomic E-state index is -5.00. The van der Waals surface area contributed by atoms with Crippen LogP contribution < -0.4 is 10.5 Å². The number of anilines is 1. The lowest BCUT2D eigenvalue weighted by atomic mass is 10.2. The SMILES string of the molecule is CCOC(=O)c1nc(OC(F)(F)F)cc(C#N)c1N. The van der Waals surface area contributed by atoms with Crippen LogP contribution in [-0.4, -0.2) is 23.9 Å². The largest absolute Gasteiger partial charge is 0.574 e. The van der Waals surface area contributed by atoms with E-state index in [0.29, 0.717) is 6.07 Å². The van der Waals surface area contributed by atoms with E-state index in [0.717, 1.165) is 0 Å². The monoisotopic (exact) mass is 275 g/mol. The third-order valence-corrected chi connectivity index (χ3v) is 1.84. The van der Waals surface area contributed by atoms with Crippen LogP contribution in [0.2, 0.25) is 0 Å². The summed E-state index contributed by atoms with van der Waals surface area (Å²) < 4.78 is 44.3. The van der Waals surface area contributed by atoms with Crippen molar-refractivity contribution in [2.45, 2.75) is 13.3 Å². The number of esters is 1. The predicted molar refractivity (Wildman–Crippen MR) is 56.0 cm³/mol. The molecule has 19 heavy (non-hydrogen) atoms. The van der Waals surface area contributed by atoms with Crippen LogP contribution >= 0.6 is 0 Å². The van der Waals surface area contributed by atoms with Gasteiger partial charge in [0.15, 0.2) is 5.69 Å². The molecule has 0 bridgehead atoms. The molecule has 0 atom stereocenters. The Morgan fingerprint density at radius 2 is 2.21 bits per heavy atom. The molecule has 0 fully saturated rings. The van der Waals surface area contributed by atoms with Gasteiger partial charge in [-0.3, -0.25) is 0 Å². The normalized spacial score (nSPS) is 10.7. The van der Waals surface area contributed by atoms with Gasteiger partial charge in [-0.05, 0) is 6.92 Å². The summed E-state index contributed by atoms with van der Waals surface area (Å²) in [5.41, 5.74) is 4.11. The van der Waals surface area contributed by atoms with Crippen LogP contribution in [0.4, 0.5) is 18.9 Å². The molecule has 0 aliphatic carbocycles. The summed E-state index contributed by atoms with van der Waals surface area (Å²) in [4.78, 5) is 14.7. The van der Waals surface area contributed by atoms with Gasteiger partial charge in [0.1, 0.15) is 6.07 Å². The number of aromatic nitrogens is 1. The first kappa shape index (κ1) is 14.6. The van der Waals surface area contributed by atoms with E-state index in [9.17, 15) is 18.0 Å². The quantitative estimate of drug-likeness (QED) is 0.841. The maximum absolute atomic E-state index is 12.1. The van der Waals surface area contributed by atoms with Crippen LogP contribution in [0, 0.1) is 11.3 Å². The van der Waals surface area contributed by atoms with Crippen LogP contribution in [0.1, 0.15) is 23.0 Å². The average molecular weight is 275 g/mol. The van der Waals surface area contributed by atoms with Gasteiger partial charge < -0.3 is 15.2 Å². The highest BCUT2D eigenvalue weighted by Gasteiger charge is 2.33. The molecular formula is C10H8F3N3O3. The third-order valence-electron chi connectivity index (χ3n) is 1.84. The molecule has 0 spiro atoms. The predicted octanol–water partition coefficient (Wildman–Crippen LogP) is 1.61. The van der Waals surface area contributed by atoms with E-state index in [2.05, 4.69) is 14.5 Å². The van der Waals surface area contributed by atoms with E-state index in [1.54, 1.807) is 0 Å². The zero-order valence-electron chi connectivity index (χ0n) is 9.61. The Hall–Kier alpha value is -2.50. The summed E-state index contributed by atoms with van der Waals surface area (Å²) in [5.74, 6) is -1.99. The number of hydrogen-bond acceptors (Lipinski definition) is 6. The van der Waals surface area contributed by atoms with E-state index < -0.39 is 23.9 Å². The van der Waals surface area contributed by atoms with Crippen molar-refractivity contribution in [3.05, 3.63) is 17.3 Å². The summed E-state index contributed by atoms with van der Waals surface area (Å²) in [6.45, 7) is 1.47. The Morgan fingerprint density at radius 3 is 2.68 bits per heavy atom. The molecule has 0 radical (unpaired) electrons. The number of nitrogens with zero attached hydrogens (tertiary/aromatic N) is 2. The first-order chi connectivity index (χ1) is 8.78. The molecule has 6 nitrogen and oxygen atoms in total. The van der Waals surface area contributed by atoms with Gasteiger partial charge in [0.2, 0.25) is 5.88 Å². The molecule has 1 aromatic heterocycles. The highest BCUT2D eigenvalue weighted by Crippen LogP contribution is 2.26. The minimum absolute atomic E-state index is 0.0216. The number of nitrogens with two attached hydrogens (primary N) is 1. The lowest BCUT2D eigenvalue weighted by Gasteiger charge is -2.11. The molecule has 0 aliphatic heterocycles. The van der Waals surface area contributed by atoms with Crippen molar-refractivity contribution in [2.75, 3.05) is 12.3 Å². The topological polar surface area (TPSA) is 98.2 Å². The fraction of sp³-hybridized carbons (Fsp3) is 0.300. The van der Waals surface area contributed by atoms with Crippen LogP contribution in [-0.2, 0) is 4.74 Å². The lowest BCUT2D eigenvalue weighted by molar-refractivity contribution is -0.276. The van der Waals surface area contributed by atoms with Crippen LogP contribution in [0.25, 0.3) is 0 Å². The maximum Gasteiger partial charge on any atom is 0.574 e. The highest BCUT2D eigenvalue weighted by atomic mass is 19.4. The molecule has 0 aromatic carbocycles. The second-order valence-corrected chi connectivity index (χ2v) is 3.15. The molecule has 2 N–H and O–H groups in total. The maximum atomic E-state index is 12.1. The molecule has 0 aliphatic rings. The smallest absolute Gasteiger partial charge is 0.461 e. The van der Waals surface area contributed by atoms with Crippen LogP contribution in [0.3, 0.4) is 0 Å². The number of nitriles is 1. The fourth-order valence-corrected chi connectivity index (χ4v) is 1.15. The fourth-order valence-electron chi connectivity index (χ4n) is 1.15. The molecule has 1 rings (SSSR count). The Morgan fingerprint density at radius 1 is 1.58 bits per heavy atom. The molecule has 0 amide bonds. The van der Waals surface area contributed by atoms with E-state index in [4.69, 9.17) is 11.0 Å². The molecule has 102 valence electrons. The number of alkyl halides is 3. The Labute approximate surface area is 105 Å². The minimum Gasteiger partial charge on any atom is -0.461 e. The van der Waals surface area contributed by atoms with E-state index in [1.165, 1.54) is 13.0 Å². The molecule has 1 heterocycles. The van der Waals surface area contributed by atoms with Gasteiger partial charge in [-0.25, -0.2) is 9.78 Å². The first-order valence-electron chi connectivity index (χ1n) is 4.92. The number of hydrogen-bond donors (Lipinski definition) is 1. The summed E-state index contributed by atoms with van der Waals surface area (Å²) in [6, 6.07) is 2.22. The van der Waals surface area contributed by atoms with Gasteiger partial charge in [0, 0.05) is 6.07 Å². The number of carbonyl (C=O) groups is 1. The van der Waals surface area contributed by atoms with E-state index in [1.807, 2.05) is 0 Å². The number of rotatable bonds is 3. The highest BCUT2D eigenvalue weighted by molar-refractivity contribution is 5.94. The van der Waals surface area contributed by atoms with Crippen molar-refractivity contribution in [2.24, 2.45) is 0 Å². The van der Waals surface area contributed by atoms with Gasteiger partial charge in [-0.15, -0.1) is 13.2 Å². The Kier molecular flexibility index (Phi) is 4.16. The van der Waals surface area contributed by atoms with Gasteiger partial charge >= 0.3 is 12.3 Å². The number of carbonyl (C=O) groups excluding carboxylic acids is 1. The van der Waals surface area contributed by atoms with Gasteiger partial charge in [-0.2, -0.15) is 5.26 Å². The van der Waals surface area contributed by atoms with E-state index >= 15 is 0 Å². The van der Waals surface area contributed by atoms with Crippen molar-refractivity contribution in [1.29, 1.82) is 5.26 Å². The summed E-state index contributed by atoms with van der Waals surface area (Å²) >= 11 is 0. The second-order valence-electron chi connectivity index (χ2n) is 3.15. The molecule has 1 aromatic rings. The summed E-state index contributed by atoms with van der Waals surface area (Å²) in [7, 11) is 0. The second kappa shape index (κ2) is 5.43. The number of pyridine rings is 1. The number of halogens is 3. The Bertz CT molecular complexity index is 537. The molecule has 9 heteroatoms.